The lowest BCUT2D eigenvalue weighted by molar-refractivity contribution is -0.207. The molecule has 0 spiro atoms. The quantitative estimate of drug-likeness (QED) is 0.409. The Morgan fingerprint density at radius 1 is 0.865 bits per heavy atom. The van der Waals surface area contributed by atoms with Crippen LogP contribution in [0, 0.1) is 0 Å². The summed E-state index contributed by atoms with van der Waals surface area (Å²) in [4.78, 5) is 41.1. The second-order valence-corrected chi connectivity index (χ2v) is 7.80. The van der Waals surface area contributed by atoms with Crippen molar-refractivity contribution in [2.45, 2.75) is 32.1 Å². The molecule has 0 heterocycles. The van der Waals surface area contributed by atoms with Crippen molar-refractivity contribution in [1.29, 1.82) is 0 Å². The van der Waals surface area contributed by atoms with Crippen molar-refractivity contribution >= 4 is 23.5 Å². The Morgan fingerprint density at radius 2 is 1.54 bits per heavy atom. The van der Waals surface area contributed by atoms with Gasteiger partial charge in [-0.15, -0.1) is 0 Å². The topological polar surface area (TPSA) is 111 Å². The fourth-order valence-corrected chi connectivity index (χ4v) is 3.27. The molecule has 0 atom stereocenters. The molecule has 3 rings (SSSR count). The molecule has 0 saturated carbocycles. The average molecular weight is 515 g/mol. The van der Waals surface area contributed by atoms with Crippen molar-refractivity contribution in [3.05, 3.63) is 90.0 Å². The Kier molecular flexibility index (Phi) is 9.22. The Bertz CT molecular complexity index is 1240. The zero-order chi connectivity index (χ0) is 26.8. The highest BCUT2D eigenvalue weighted by Crippen LogP contribution is 2.34. The minimum atomic E-state index is -5.26. The molecule has 0 radical (unpaired) electrons. The number of hydrogen-bond donors (Lipinski definition) is 2. The fraction of sp³-hybridized carbons (Fsp3) is 0.192. The molecule has 11 heteroatoms. The number of alkyl halides is 3. The van der Waals surface area contributed by atoms with E-state index in [1.807, 2.05) is 24.3 Å². The summed E-state index contributed by atoms with van der Waals surface area (Å²) in [6.07, 6.45) is -6.15. The molecule has 0 fully saturated rings. The van der Waals surface area contributed by atoms with Crippen LogP contribution >= 0.6 is 0 Å². The van der Waals surface area contributed by atoms with Gasteiger partial charge in [-0.3, -0.25) is 9.59 Å². The minimum absolute atomic E-state index is 0.133. The summed E-state index contributed by atoms with van der Waals surface area (Å²) in [5.41, 5.74) is 9.18. The molecule has 0 bridgehead atoms. The van der Waals surface area contributed by atoms with Crippen LogP contribution in [0.15, 0.2) is 78.9 Å². The highest BCUT2D eigenvalue weighted by molar-refractivity contribution is 5.96. The van der Waals surface area contributed by atoms with Gasteiger partial charge < -0.3 is 20.2 Å². The van der Waals surface area contributed by atoms with E-state index in [1.54, 1.807) is 54.6 Å². The maximum atomic E-state index is 13.2. The number of amides is 2. The van der Waals surface area contributed by atoms with Crippen molar-refractivity contribution in [3.63, 3.8) is 0 Å². The first-order valence-electron chi connectivity index (χ1n) is 11.1. The second kappa shape index (κ2) is 12.5. The first-order chi connectivity index (χ1) is 17.7. The SMILES string of the molecule is NCc1cccc(Oc2ccccc2N(Cc2ccccc2)C(=O)CCC(=O)NOC(=O)C(F)(F)F)c1. The van der Waals surface area contributed by atoms with Gasteiger partial charge in [0.05, 0.1) is 12.2 Å². The number of nitrogens with one attached hydrogen (secondary N) is 1. The summed E-state index contributed by atoms with van der Waals surface area (Å²) in [7, 11) is 0. The minimum Gasteiger partial charge on any atom is -0.455 e. The number of ether oxygens (including phenoxy) is 1. The molecule has 0 saturated heterocycles. The number of nitrogens with zero attached hydrogens (tertiary/aromatic N) is 1. The molecule has 3 N–H and O–H groups in total. The van der Waals surface area contributed by atoms with Gasteiger partial charge in [-0.05, 0) is 35.4 Å². The zero-order valence-electron chi connectivity index (χ0n) is 19.5. The van der Waals surface area contributed by atoms with Gasteiger partial charge in [0.1, 0.15) is 5.75 Å². The van der Waals surface area contributed by atoms with Gasteiger partial charge in [-0.25, -0.2) is 4.79 Å². The van der Waals surface area contributed by atoms with Crippen LogP contribution < -0.4 is 20.9 Å². The van der Waals surface area contributed by atoms with Gasteiger partial charge in [0.15, 0.2) is 5.75 Å². The van der Waals surface area contributed by atoms with Crippen LogP contribution in [0.1, 0.15) is 24.0 Å². The summed E-state index contributed by atoms with van der Waals surface area (Å²) >= 11 is 0. The van der Waals surface area contributed by atoms with E-state index in [9.17, 15) is 27.6 Å². The molecule has 194 valence electrons. The number of rotatable bonds is 9. The predicted octanol–water partition coefficient (Wildman–Crippen LogP) is 4.39. The monoisotopic (exact) mass is 515 g/mol. The Hall–Kier alpha value is -4.38. The molecule has 37 heavy (non-hydrogen) atoms. The Balaban J connectivity index is 1.79. The van der Waals surface area contributed by atoms with Crippen molar-refractivity contribution in [2.75, 3.05) is 4.90 Å². The van der Waals surface area contributed by atoms with Crippen molar-refractivity contribution in [3.8, 4) is 11.5 Å². The molecule has 0 aliphatic carbocycles. The third-order valence-corrected chi connectivity index (χ3v) is 5.06. The maximum absolute atomic E-state index is 13.2. The van der Waals surface area contributed by atoms with Crippen LogP contribution in [0.25, 0.3) is 0 Å². The molecule has 2 amide bonds. The summed E-state index contributed by atoms with van der Waals surface area (Å²) in [6, 6.07) is 23.0. The number of carbonyl (C=O) groups excluding carboxylic acids is 3. The second-order valence-electron chi connectivity index (χ2n) is 7.80. The molecular weight excluding hydrogens is 491 g/mol. The third kappa shape index (κ3) is 8.07. The van der Waals surface area contributed by atoms with Crippen LogP contribution in [0.4, 0.5) is 18.9 Å². The summed E-state index contributed by atoms with van der Waals surface area (Å²) in [6.45, 7) is 0.450. The molecule has 8 nitrogen and oxygen atoms in total. The van der Waals surface area contributed by atoms with Gasteiger partial charge in [-0.1, -0.05) is 54.6 Å². The number of benzene rings is 3. The number of halogens is 3. The van der Waals surface area contributed by atoms with E-state index in [1.165, 1.54) is 10.4 Å². The molecule has 0 aliphatic heterocycles. The van der Waals surface area contributed by atoms with Crippen molar-refractivity contribution in [2.24, 2.45) is 5.73 Å². The molecule has 3 aromatic rings. The van der Waals surface area contributed by atoms with E-state index in [0.29, 0.717) is 23.7 Å². The molecular formula is C26H24F3N3O5. The van der Waals surface area contributed by atoms with Crippen LogP contribution in [-0.2, 0) is 32.3 Å². The number of anilines is 1. The normalized spacial score (nSPS) is 10.9. The van der Waals surface area contributed by atoms with Crippen LogP contribution in [0.3, 0.4) is 0 Å². The number of hydroxylamine groups is 1. The van der Waals surface area contributed by atoms with Crippen molar-refractivity contribution < 1.29 is 37.1 Å². The van der Waals surface area contributed by atoms with E-state index in [4.69, 9.17) is 10.5 Å². The Labute approximate surface area is 210 Å². The van der Waals surface area contributed by atoms with Crippen molar-refractivity contribution in [1.82, 2.24) is 5.48 Å². The van der Waals surface area contributed by atoms with E-state index >= 15 is 0 Å². The zero-order valence-corrected chi connectivity index (χ0v) is 19.5. The lowest BCUT2D eigenvalue weighted by atomic mass is 10.1. The number of nitrogens with two attached hydrogens (primary N) is 1. The Morgan fingerprint density at radius 3 is 2.24 bits per heavy atom. The highest BCUT2D eigenvalue weighted by Gasteiger charge is 2.42. The summed E-state index contributed by atoms with van der Waals surface area (Å²) < 4.78 is 42.8. The lowest BCUT2D eigenvalue weighted by Gasteiger charge is -2.25. The summed E-state index contributed by atoms with van der Waals surface area (Å²) in [5.74, 6) is -3.26. The van der Waals surface area contributed by atoms with Gasteiger partial charge in [0.2, 0.25) is 5.91 Å². The van der Waals surface area contributed by atoms with Gasteiger partial charge in [0, 0.05) is 19.4 Å². The lowest BCUT2D eigenvalue weighted by Crippen LogP contribution is -2.36. The highest BCUT2D eigenvalue weighted by atomic mass is 19.4. The smallest absolute Gasteiger partial charge is 0.455 e. The largest absolute Gasteiger partial charge is 0.493 e. The van der Waals surface area contributed by atoms with E-state index < -0.39 is 30.4 Å². The fourth-order valence-electron chi connectivity index (χ4n) is 3.27. The number of para-hydroxylation sites is 2. The maximum Gasteiger partial charge on any atom is 0.493 e. The number of hydrogen-bond acceptors (Lipinski definition) is 6. The third-order valence-electron chi connectivity index (χ3n) is 5.06. The average Bonchev–Trinajstić information content (AvgIpc) is 2.89. The first kappa shape index (κ1) is 27.2. The van der Waals surface area contributed by atoms with Gasteiger partial charge in [0.25, 0.3) is 5.91 Å². The standard InChI is InChI=1S/C26H24F3N3O5/c27-26(28,29)25(35)37-31-23(33)13-14-24(34)32(17-18-7-2-1-3-8-18)21-11-4-5-12-22(21)36-20-10-6-9-19(15-20)16-30/h1-12,15H,13-14,16-17,30H2,(H,31,33). The van der Waals surface area contributed by atoms with Gasteiger partial charge in [-0.2, -0.15) is 18.7 Å². The number of carbonyl (C=O) groups is 3. The molecule has 0 aromatic heterocycles. The van der Waals surface area contributed by atoms with E-state index in [0.717, 1.165) is 11.1 Å². The van der Waals surface area contributed by atoms with Crippen LogP contribution in [0.5, 0.6) is 11.5 Å². The van der Waals surface area contributed by atoms with Gasteiger partial charge >= 0.3 is 12.1 Å². The molecule has 0 unspecified atom stereocenters. The van der Waals surface area contributed by atoms with Crippen LogP contribution in [0.2, 0.25) is 0 Å². The van der Waals surface area contributed by atoms with E-state index in [2.05, 4.69) is 4.84 Å². The molecule has 3 aromatic carbocycles. The molecule has 0 aliphatic rings. The predicted molar refractivity (Wildman–Crippen MR) is 128 cm³/mol. The van der Waals surface area contributed by atoms with E-state index in [-0.39, 0.29) is 13.0 Å². The first-order valence-corrected chi connectivity index (χ1v) is 11.1. The van der Waals surface area contributed by atoms with Crippen LogP contribution in [-0.4, -0.2) is 24.0 Å². The summed E-state index contributed by atoms with van der Waals surface area (Å²) in [5, 5.41) is 0.